The van der Waals surface area contributed by atoms with Crippen molar-refractivity contribution in [3.05, 3.63) is 59.3 Å². The van der Waals surface area contributed by atoms with Crippen LogP contribution in [0.25, 0.3) is 40.3 Å². The first-order valence-electron chi connectivity index (χ1n) is 7.87. The van der Waals surface area contributed by atoms with Crippen molar-refractivity contribution < 1.29 is 4.57 Å². The molecule has 0 bridgehead atoms. The van der Waals surface area contributed by atoms with Gasteiger partial charge >= 0.3 is 152 Å². The van der Waals surface area contributed by atoms with E-state index in [1.807, 2.05) is 0 Å². The van der Waals surface area contributed by atoms with Crippen LogP contribution in [0.5, 0.6) is 0 Å². The van der Waals surface area contributed by atoms with E-state index in [1.165, 1.54) is 42.8 Å². The summed E-state index contributed by atoms with van der Waals surface area (Å²) in [6.45, 7) is 2.25. The quantitative estimate of drug-likeness (QED) is 0.288. The number of aromatic nitrogens is 2. The summed E-state index contributed by atoms with van der Waals surface area (Å²) in [5, 5.41) is 6.14. The number of rotatable bonds is 1. The Kier molecular flexibility index (Phi) is 3.29. The van der Waals surface area contributed by atoms with Crippen LogP contribution in [0.15, 0.2) is 53.7 Å². The summed E-state index contributed by atoms with van der Waals surface area (Å²) in [5.41, 5.74) is 5.36. The van der Waals surface area contributed by atoms with E-state index in [2.05, 4.69) is 77.3 Å². The molecule has 3 aromatic heterocycles. The van der Waals surface area contributed by atoms with E-state index in [1.54, 1.807) is 3.13 Å². The molecule has 0 aliphatic carbocycles. The average molecular weight is 441 g/mol. The molecule has 5 aromatic rings. The van der Waals surface area contributed by atoms with Crippen LogP contribution in [0.1, 0.15) is 5.56 Å². The van der Waals surface area contributed by atoms with Gasteiger partial charge in [0.25, 0.3) is 0 Å². The molecule has 4 heteroatoms. The zero-order valence-corrected chi connectivity index (χ0v) is 16.8. The van der Waals surface area contributed by atoms with E-state index in [4.69, 9.17) is 0 Å². The third-order valence-electron chi connectivity index (χ3n) is 4.72. The van der Waals surface area contributed by atoms with E-state index < -0.39 is 0 Å². The molecule has 24 heavy (non-hydrogen) atoms. The fourth-order valence-electron chi connectivity index (χ4n) is 3.49. The first-order valence-corrected chi connectivity index (χ1v) is 11.4. The second-order valence-electron chi connectivity index (χ2n) is 6.07. The SMILES string of the molecule is Cc1c(-c2c3[se]c4[se]cnc4c3cc[n+]2C)ccc2ccccc12. The first kappa shape index (κ1) is 14.6. The molecule has 0 saturated carbocycles. The molecule has 0 saturated heterocycles. The third-order valence-corrected chi connectivity index (χ3v) is 10.1. The Balaban J connectivity index is 1.92. The van der Waals surface area contributed by atoms with Crippen LogP contribution in [0.2, 0.25) is 0 Å². The second-order valence-corrected chi connectivity index (χ2v) is 11.3. The van der Waals surface area contributed by atoms with Gasteiger partial charge in [0.1, 0.15) is 0 Å². The topological polar surface area (TPSA) is 16.8 Å². The van der Waals surface area contributed by atoms with Gasteiger partial charge in [0.2, 0.25) is 0 Å². The van der Waals surface area contributed by atoms with Crippen LogP contribution >= 0.6 is 0 Å². The second kappa shape index (κ2) is 5.40. The molecule has 0 amide bonds. The van der Waals surface area contributed by atoms with E-state index in [0.717, 1.165) is 0 Å². The number of pyridine rings is 1. The Morgan fingerprint density at radius 2 is 1.88 bits per heavy atom. The Bertz CT molecular complexity index is 1230. The average Bonchev–Trinajstić information content (AvgIpc) is 3.17. The monoisotopic (exact) mass is 443 g/mol. The molecule has 0 fully saturated rings. The van der Waals surface area contributed by atoms with Crippen LogP contribution in [0.3, 0.4) is 0 Å². The zero-order chi connectivity index (χ0) is 16.3. The van der Waals surface area contributed by atoms with Crippen LogP contribution in [-0.2, 0) is 7.05 Å². The summed E-state index contributed by atoms with van der Waals surface area (Å²) in [7, 11) is 2.16. The maximum atomic E-state index is 4.66. The number of nitrogens with zero attached hydrogens (tertiary/aromatic N) is 2. The molecule has 3 heterocycles. The van der Waals surface area contributed by atoms with E-state index >= 15 is 0 Å². The molecule has 116 valence electrons. The Labute approximate surface area is 151 Å². The van der Waals surface area contributed by atoms with Gasteiger partial charge < -0.3 is 0 Å². The number of fused-ring (bicyclic) bond motifs is 4. The van der Waals surface area contributed by atoms with Crippen molar-refractivity contribution in [1.82, 2.24) is 4.98 Å². The van der Waals surface area contributed by atoms with Crippen molar-refractivity contribution in [2.75, 3.05) is 0 Å². The summed E-state index contributed by atoms with van der Waals surface area (Å²) < 4.78 is 5.39. The van der Waals surface area contributed by atoms with Crippen LogP contribution in [0, 0.1) is 6.92 Å². The molecule has 0 aliphatic heterocycles. The van der Waals surface area contributed by atoms with Gasteiger partial charge in [-0.3, -0.25) is 0 Å². The predicted molar refractivity (Wildman–Crippen MR) is 102 cm³/mol. The van der Waals surface area contributed by atoms with Crippen molar-refractivity contribution in [3.8, 4) is 11.3 Å². The standard InChI is InChI=1S/C20H15N2Se2/c1-12-14-6-4-3-5-13(14)7-8-15(12)18-19-16(9-10-22(18)2)17-20(24-19)23-11-21-17/h3-11H,1-2H3/q+1. The molecular formula is C20H15N2Se2+. The summed E-state index contributed by atoms with van der Waals surface area (Å²) in [5.74, 6) is 0. The minimum atomic E-state index is 0.410. The van der Waals surface area contributed by atoms with Gasteiger partial charge in [-0.25, -0.2) is 0 Å². The van der Waals surface area contributed by atoms with Gasteiger partial charge in [-0.05, 0) is 0 Å². The molecule has 0 unspecified atom stereocenters. The number of benzene rings is 2. The zero-order valence-electron chi connectivity index (χ0n) is 13.4. The van der Waals surface area contributed by atoms with E-state index in [0.29, 0.717) is 29.0 Å². The summed E-state index contributed by atoms with van der Waals surface area (Å²) in [4.78, 5) is 4.66. The van der Waals surface area contributed by atoms with Gasteiger partial charge in [0.15, 0.2) is 0 Å². The molecule has 5 rings (SSSR count). The van der Waals surface area contributed by atoms with Crippen molar-refractivity contribution >= 4 is 58.1 Å². The van der Waals surface area contributed by atoms with Crippen LogP contribution < -0.4 is 4.57 Å². The fraction of sp³-hybridized carbons (Fsp3) is 0.100. The summed E-state index contributed by atoms with van der Waals surface area (Å²) in [6, 6.07) is 15.5. The Morgan fingerprint density at radius 3 is 2.79 bits per heavy atom. The predicted octanol–water partition coefficient (Wildman–Crippen LogP) is 3.46. The van der Waals surface area contributed by atoms with Gasteiger partial charge in [-0.1, -0.05) is 0 Å². The van der Waals surface area contributed by atoms with Gasteiger partial charge in [0, 0.05) is 0 Å². The molecule has 0 atom stereocenters. The van der Waals surface area contributed by atoms with Crippen molar-refractivity contribution in [1.29, 1.82) is 0 Å². The molecule has 0 aliphatic rings. The number of hydrogen-bond acceptors (Lipinski definition) is 1. The van der Waals surface area contributed by atoms with E-state index in [-0.39, 0.29) is 0 Å². The number of hydrogen-bond donors (Lipinski definition) is 0. The van der Waals surface area contributed by atoms with Gasteiger partial charge in [-0.2, -0.15) is 0 Å². The Morgan fingerprint density at radius 1 is 1.00 bits per heavy atom. The molecule has 0 N–H and O–H groups in total. The van der Waals surface area contributed by atoms with Gasteiger partial charge in [0.05, 0.1) is 0 Å². The Hall–Kier alpha value is -1.70. The summed E-state index contributed by atoms with van der Waals surface area (Å²) >= 11 is 0.871. The van der Waals surface area contributed by atoms with Crippen LogP contribution in [-0.4, -0.2) is 34.0 Å². The summed E-state index contributed by atoms with van der Waals surface area (Å²) in [6.07, 6.45) is 2.19. The van der Waals surface area contributed by atoms with Crippen molar-refractivity contribution in [3.63, 3.8) is 0 Å². The minimum absolute atomic E-state index is 0.410. The van der Waals surface area contributed by atoms with E-state index in [9.17, 15) is 0 Å². The van der Waals surface area contributed by atoms with Crippen LogP contribution in [0.4, 0.5) is 0 Å². The van der Waals surface area contributed by atoms with Crippen molar-refractivity contribution in [2.24, 2.45) is 7.05 Å². The molecule has 2 nitrogen and oxygen atoms in total. The first-order chi connectivity index (χ1) is 11.7. The molecule has 2 aromatic carbocycles. The fourth-order valence-corrected chi connectivity index (χ4v) is 8.85. The number of aryl methyl sites for hydroxylation is 2. The molecule has 0 spiro atoms. The third kappa shape index (κ3) is 2.01. The maximum absolute atomic E-state index is 4.66. The van der Waals surface area contributed by atoms with Crippen molar-refractivity contribution in [2.45, 2.75) is 6.92 Å². The molecular weight excluding hydrogens is 426 g/mol. The van der Waals surface area contributed by atoms with Gasteiger partial charge in [-0.15, -0.1) is 0 Å². The normalized spacial score (nSPS) is 11.8. The molecule has 0 radical (unpaired) electrons.